The monoisotopic (exact) mass is 522 g/mol. The van der Waals surface area contributed by atoms with Crippen LogP contribution in [0.1, 0.15) is 43.7 Å². The van der Waals surface area contributed by atoms with E-state index in [-0.39, 0.29) is 24.5 Å². The molecule has 4 rings (SSSR count). The summed E-state index contributed by atoms with van der Waals surface area (Å²) in [5.74, 6) is 0.263. The van der Waals surface area contributed by atoms with Crippen molar-refractivity contribution in [1.29, 1.82) is 0 Å². The second-order valence-electron chi connectivity index (χ2n) is 9.06. The van der Waals surface area contributed by atoms with Crippen LogP contribution in [0.15, 0.2) is 65.1 Å². The van der Waals surface area contributed by atoms with Crippen molar-refractivity contribution in [2.24, 2.45) is 0 Å². The fraction of sp³-hybridized carbons (Fsp3) is 0.357. The Balaban J connectivity index is 1.49. The van der Waals surface area contributed by atoms with Gasteiger partial charge in [-0.2, -0.15) is 0 Å². The summed E-state index contributed by atoms with van der Waals surface area (Å²) in [6.07, 6.45) is 4.28. The molecule has 0 heterocycles. The molecule has 178 valence electrons. The molecule has 6 heteroatoms. The first kappa shape index (κ1) is 24.3. The molecule has 1 fully saturated rings. The van der Waals surface area contributed by atoms with E-state index < -0.39 is 6.04 Å². The Labute approximate surface area is 209 Å². The number of benzene rings is 3. The number of rotatable bonds is 8. The molecule has 0 aromatic heterocycles. The van der Waals surface area contributed by atoms with Crippen molar-refractivity contribution in [3.63, 3.8) is 0 Å². The van der Waals surface area contributed by atoms with Gasteiger partial charge in [-0.15, -0.1) is 0 Å². The van der Waals surface area contributed by atoms with Crippen molar-refractivity contribution in [2.75, 3.05) is 6.61 Å². The Morgan fingerprint density at radius 2 is 1.76 bits per heavy atom. The Morgan fingerprint density at radius 1 is 1.06 bits per heavy atom. The normalized spacial score (nSPS) is 14.7. The maximum atomic E-state index is 13.4. The maximum absolute atomic E-state index is 13.4. The zero-order chi connectivity index (χ0) is 24.1. The van der Waals surface area contributed by atoms with Crippen LogP contribution in [0.2, 0.25) is 0 Å². The third-order valence-corrected chi connectivity index (χ3v) is 7.34. The fourth-order valence-electron chi connectivity index (χ4n) is 4.41. The van der Waals surface area contributed by atoms with Crippen LogP contribution >= 0.6 is 15.9 Å². The molecule has 1 saturated carbocycles. The van der Waals surface area contributed by atoms with Gasteiger partial charge in [0.05, 0.1) is 4.47 Å². The van der Waals surface area contributed by atoms with Gasteiger partial charge in [0.15, 0.2) is 6.61 Å². The van der Waals surface area contributed by atoms with Crippen molar-refractivity contribution in [2.45, 2.75) is 58.2 Å². The number of hydrogen-bond donors (Lipinski definition) is 1. The summed E-state index contributed by atoms with van der Waals surface area (Å²) in [4.78, 5) is 28.0. The third-order valence-electron chi connectivity index (χ3n) is 6.52. The fourth-order valence-corrected chi connectivity index (χ4v) is 5.02. The number of hydrogen-bond acceptors (Lipinski definition) is 3. The average Bonchev–Trinajstić information content (AvgIpc) is 3.36. The lowest BCUT2D eigenvalue weighted by molar-refractivity contribution is -0.142. The van der Waals surface area contributed by atoms with E-state index in [0.29, 0.717) is 12.3 Å². The van der Waals surface area contributed by atoms with Crippen molar-refractivity contribution in [3.05, 3.63) is 76.3 Å². The summed E-state index contributed by atoms with van der Waals surface area (Å²) < 4.78 is 6.75. The number of amides is 2. The molecular weight excluding hydrogens is 492 g/mol. The van der Waals surface area contributed by atoms with Gasteiger partial charge in [0.1, 0.15) is 11.8 Å². The molecule has 5 nitrogen and oxygen atoms in total. The van der Waals surface area contributed by atoms with Gasteiger partial charge in [0.2, 0.25) is 5.91 Å². The maximum Gasteiger partial charge on any atom is 0.261 e. The number of nitrogens with one attached hydrogen (secondary N) is 1. The summed E-state index contributed by atoms with van der Waals surface area (Å²) in [6, 6.07) is 19.5. The van der Waals surface area contributed by atoms with E-state index in [2.05, 4.69) is 21.2 Å². The van der Waals surface area contributed by atoms with Gasteiger partial charge < -0.3 is 15.0 Å². The highest BCUT2D eigenvalue weighted by Crippen LogP contribution is 2.33. The van der Waals surface area contributed by atoms with Gasteiger partial charge in [-0.3, -0.25) is 9.59 Å². The van der Waals surface area contributed by atoms with Crippen LogP contribution in [-0.4, -0.2) is 35.4 Å². The van der Waals surface area contributed by atoms with Crippen molar-refractivity contribution in [3.8, 4) is 5.75 Å². The minimum absolute atomic E-state index is 0.112. The zero-order valence-corrected chi connectivity index (χ0v) is 21.3. The molecule has 1 atom stereocenters. The minimum Gasteiger partial charge on any atom is -0.483 e. The average molecular weight is 523 g/mol. The van der Waals surface area contributed by atoms with Gasteiger partial charge in [-0.05, 0) is 65.0 Å². The molecule has 1 aliphatic rings. The summed E-state index contributed by atoms with van der Waals surface area (Å²) in [5.41, 5.74) is 2.13. The highest BCUT2D eigenvalue weighted by atomic mass is 79.9. The predicted octanol–water partition coefficient (Wildman–Crippen LogP) is 5.77. The number of carbonyl (C=O) groups excluding carboxylic acids is 2. The van der Waals surface area contributed by atoms with Gasteiger partial charge in [0.25, 0.3) is 5.91 Å². The molecule has 0 aliphatic heterocycles. The van der Waals surface area contributed by atoms with Crippen molar-refractivity contribution < 1.29 is 14.3 Å². The SMILES string of the molecule is Cc1ccc(CN(C(=O)COc2ccc3ccccc3c2Br)C(C)C(=O)NC2CCCC2)cc1. The van der Waals surface area contributed by atoms with Gasteiger partial charge in [0, 0.05) is 12.6 Å². The smallest absolute Gasteiger partial charge is 0.261 e. The molecule has 3 aromatic rings. The molecule has 34 heavy (non-hydrogen) atoms. The Bertz CT molecular complexity index is 1160. The highest BCUT2D eigenvalue weighted by Gasteiger charge is 2.29. The summed E-state index contributed by atoms with van der Waals surface area (Å²) >= 11 is 3.62. The van der Waals surface area contributed by atoms with Crippen molar-refractivity contribution in [1.82, 2.24) is 10.2 Å². The van der Waals surface area contributed by atoms with Gasteiger partial charge >= 0.3 is 0 Å². The predicted molar refractivity (Wildman–Crippen MR) is 139 cm³/mol. The van der Waals surface area contributed by atoms with E-state index >= 15 is 0 Å². The van der Waals surface area contributed by atoms with E-state index in [1.165, 1.54) is 0 Å². The van der Waals surface area contributed by atoms with Crippen LogP contribution in [-0.2, 0) is 16.1 Å². The lowest BCUT2D eigenvalue weighted by Gasteiger charge is -2.29. The molecule has 1 aliphatic carbocycles. The van der Waals surface area contributed by atoms with E-state index in [1.807, 2.05) is 67.6 Å². The first-order valence-corrected chi connectivity index (χ1v) is 12.7. The number of nitrogens with zero attached hydrogens (tertiary/aromatic N) is 1. The second-order valence-corrected chi connectivity index (χ2v) is 9.85. The van der Waals surface area contributed by atoms with E-state index in [0.717, 1.165) is 52.1 Å². The molecule has 3 aromatic carbocycles. The van der Waals surface area contributed by atoms with Crippen LogP contribution < -0.4 is 10.1 Å². The number of halogens is 1. The first-order valence-electron chi connectivity index (χ1n) is 11.9. The van der Waals surface area contributed by atoms with Crippen LogP contribution in [0, 0.1) is 6.92 Å². The van der Waals surface area contributed by atoms with Crippen LogP contribution in [0.3, 0.4) is 0 Å². The lowest BCUT2D eigenvalue weighted by Crippen LogP contribution is -2.50. The molecule has 1 unspecified atom stereocenters. The summed E-state index contributed by atoms with van der Waals surface area (Å²) in [5, 5.41) is 5.24. The lowest BCUT2D eigenvalue weighted by atomic mass is 10.1. The van der Waals surface area contributed by atoms with E-state index in [4.69, 9.17) is 4.74 Å². The highest BCUT2D eigenvalue weighted by molar-refractivity contribution is 9.10. The molecule has 0 spiro atoms. The number of carbonyl (C=O) groups is 2. The Kier molecular flexibility index (Phi) is 7.88. The molecule has 0 radical (unpaired) electrons. The molecule has 2 amide bonds. The number of ether oxygens (including phenoxy) is 1. The third kappa shape index (κ3) is 5.79. The quantitative estimate of drug-likeness (QED) is 0.408. The van der Waals surface area contributed by atoms with Crippen LogP contribution in [0.25, 0.3) is 10.8 Å². The molecular formula is C28H31BrN2O3. The summed E-state index contributed by atoms with van der Waals surface area (Å²) in [7, 11) is 0. The van der Waals surface area contributed by atoms with Crippen LogP contribution in [0.4, 0.5) is 0 Å². The second kappa shape index (κ2) is 11.0. The molecule has 0 saturated heterocycles. The molecule has 0 bridgehead atoms. The topological polar surface area (TPSA) is 58.6 Å². The Morgan fingerprint density at radius 3 is 2.50 bits per heavy atom. The van der Waals surface area contributed by atoms with Gasteiger partial charge in [-0.1, -0.05) is 73.0 Å². The summed E-state index contributed by atoms with van der Waals surface area (Å²) in [6.45, 7) is 4.02. The minimum atomic E-state index is -0.599. The van der Waals surface area contributed by atoms with Crippen LogP contribution in [0.5, 0.6) is 5.75 Å². The number of fused-ring (bicyclic) bond motifs is 1. The zero-order valence-electron chi connectivity index (χ0n) is 19.7. The largest absolute Gasteiger partial charge is 0.483 e. The van der Waals surface area contributed by atoms with Crippen molar-refractivity contribution >= 4 is 38.5 Å². The number of aryl methyl sites for hydroxylation is 1. The van der Waals surface area contributed by atoms with E-state index in [1.54, 1.807) is 11.8 Å². The molecule has 1 N–H and O–H groups in total. The first-order chi connectivity index (χ1) is 16.4. The Hall–Kier alpha value is -2.86. The van der Waals surface area contributed by atoms with Gasteiger partial charge in [-0.25, -0.2) is 0 Å². The van der Waals surface area contributed by atoms with E-state index in [9.17, 15) is 9.59 Å². The standard InChI is InChI=1S/C28H31BrN2O3/c1-19-11-13-21(14-12-19)17-31(20(2)28(33)30-23-8-4-5-9-23)26(32)18-34-25-16-15-22-7-3-6-10-24(22)27(25)29/h3,6-7,10-16,20,23H,4-5,8-9,17-18H2,1-2H3,(H,30,33).